The summed E-state index contributed by atoms with van der Waals surface area (Å²) in [5, 5.41) is 13.1. The van der Waals surface area contributed by atoms with Crippen LogP contribution in [0.15, 0.2) is 23.3 Å². The lowest BCUT2D eigenvalue weighted by atomic mass is 10.2. The molecule has 1 rings (SSSR count). The second-order valence-electron chi connectivity index (χ2n) is 2.55. The van der Waals surface area contributed by atoms with Crippen LogP contribution in [0.4, 0.5) is 5.69 Å². The molecule has 0 saturated heterocycles. The number of phenols is 1. The number of rotatable bonds is 2. The molecule has 0 radical (unpaired) electrons. The van der Waals surface area contributed by atoms with Gasteiger partial charge < -0.3 is 16.6 Å². The van der Waals surface area contributed by atoms with E-state index in [1.807, 2.05) is 0 Å². The molecule has 0 unspecified atom stereocenters. The van der Waals surface area contributed by atoms with Crippen molar-refractivity contribution in [2.24, 2.45) is 10.8 Å². The molecular formula is C8H10N4OS. The van der Waals surface area contributed by atoms with Gasteiger partial charge in [0.05, 0.1) is 6.21 Å². The molecule has 0 aliphatic heterocycles. The van der Waals surface area contributed by atoms with Crippen LogP contribution >= 0.6 is 12.2 Å². The topological polar surface area (TPSA) is 96.7 Å². The second kappa shape index (κ2) is 4.43. The molecule has 0 bridgehead atoms. The van der Waals surface area contributed by atoms with Crippen molar-refractivity contribution >= 4 is 29.2 Å². The van der Waals surface area contributed by atoms with Crippen molar-refractivity contribution in [3.05, 3.63) is 23.8 Å². The predicted molar refractivity (Wildman–Crippen MR) is 60.0 cm³/mol. The van der Waals surface area contributed by atoms with E-state index in [1.165, 1.54) is 12.3 Å². The third kappa shape index (κ3) is 2.91. The molecule has 0 aliphatic carbocycles. The highest BCUT2D eigenvalue weighted by molar-refractivity contribution is 7.80. The van der Waals surface area contributed by atoms with Crippen molar-refractivity contribution in [2.45, 2.75) is 0 Å². The Kier molecular flexibility index (Phi) is 3.24. The minimum atomic E-state index is 0.0542. The van der Waals surface area contributed by atoms with Gasteiger partial charge in [-0.1, -0.05) is 0 Å². The quantitative estimate of drug-likeness (QED) is 0.241. The van der Waals surface area contributed by atoms with Crippen LogP contribution in [0.5, 0.6) is 5.75 Å². The summed E-state index contributed by atoms with van der Waals surface area (Å²) in [6.07, 6.45) is 1.40. The highest BCUT2D eigenvalue weighted by Crippen LogP contribution is 2.17. The van der Waals surface area contributed by atoms with Gasteiger partial charge in [0, 0.05) is 17.3 Å². The van der Waals surface area contributed by atoms with E-state index in [0.29, 0.717) is 11.3 Å². The number of thiocarbonyl (C=S) groups is 1. The normalized spacial score (nSPS) is 10.3. The van der Waals surface area contributed by atoms with Crippen molar-refractivity contribution in [1.82, 2.24) is 5.43 Å². The first-order valence-corrected chi connectivity index (χ1v) is 4.17. The first-order chi connectivity index (χ1) is 6.59. The lowest BCUT2D eigenvalue weighted by Crippen LogP contribution is -2.23. The molecule has 6 heteroatoms. The average molecular weight is 210 g/mol. The molecule has 0 atom stereocenters. The number of nitrogens with one attached hydrogen (secondary N) is 1. The molecule has 0 amide bonds. The zero-order chi connectivity index (χ0) is 10.6. The molecule has 0 aromatic heterocycles. The van der Waals surface area contributed by atoms with E-state index in [-0.39, 0.29) is 10.9 Å². The van der Waals surface area contributed by atoms with E-state index in [9.17, 15) is 5.11 Å². The van der Waals surface area contributed by atoms with Gasteiger partial charge in [0.1, 0.15) is 5.75 Å². The summed E-state index contributed by atoms with van der Waals surface area (Å²) < 4.78 is 0. The highest BCUT2D eigenvalue weighted by Gasteiger charge is 1.97. The smallest absolute Gasteiger partial charge is 0.184 e. The lowest BCUT2D eigenvalue weighted by Gasteiger charge is -1.99. The number of hydrazone groups is 1. The van der Waals surface area contributed by atoms with Crippen LogP contribution < -0.4 is 16.9 Å². The van der Waals surface area contributed by atoms with Crippen LogP contribution in [0.25, 0.3) is 0 Å². The van der Waals surface area contributed by atoms with Gasteiger partial charge in [-0.15, -0.1) is 0 Å². The third-order valence-electron chi connectivity index (χ3n) is 1.43. The van der Waals surface area contributed by atoms with Crippen LogP contribution in [0.3, 0.4) is 0 Å². The van der Waals surface area contributed by atoms with Crippen molar-refractivity contribution < 1.29 is 5.11 Å². The van der Waals surface area contributed by atoms with Crippen LogP contribution in [0, 0.1) is 0 Å². The maximum absolute atomic E-state index is 9.39. The maximum atomic E-state index is 9.39. The number of nitrogens with two attached hydrogens (primary N) is 2. The van der Waals surface area contributed by atoms with E-state index in [0.717, 1.165) is 0 Å². The number of anilines is 1. The average Bonchev–Trinajstić information content (AvgIpc) is 2.08. The van der Waals surface area contributed by atoms with Gasteiger partial charge in [0.2, 0.25) is 0 Å². The SMILES string of the molecule is NC(=S)N/N=C/c1ccc(N)cc1O. The molecule has 1 aromatic carbocycles. The molecule has 0 saturated carbocycles. The minimum absolute atomic E-state index is 0.0542. The Morgan fingerprint density at radius 2 is 2.29 bits per heavy atom. The van der Waals surface area contributed by atoms with Crippen LogP contribution in [0.2, 0.25) is 0 Å². The second-order valence-corrected chi connectivity index (χ2v) is 2.99. The molecule has 5 nitrogen and oxygen atoms in total. The monoisotopic (exact) mass is 210 g/mol. The van der Waals surface area contributed by atoms with Crippen molar-refractivity contribution in [1.29, 1.82) is 0 Å². The largest absolute Gasteiger partial charge is 0.507 e. The van der Waals surface area contributed by atoms with E-state index >= 15 is 0 Å². The first kappa shape index (κ1) is 10.3. The van der Waals surface area contributed by atoms with Crippen molar-refractivity contribution in [2.75, 3.05) is 5.73 Å². The Hall–Kier alpha value is -1.82. The Labute approximate surface area is 86.4 Å². The summed E-state index contributed by atoms with van der Waals surface area (Å²) in [4.78, 5) is 0. The molecule has 0 heterocycles. The molecule has 0 fully saturated rings. The summed E-state index contributed by atoms with van der Waals surface area (Å²) in [6.45, 7) is 0. The summed E-state index contributed by atoms with van der Waals surface area (Å²) in [5.41, 5.74) is 14.0. The van der Waals surface area contributed by atoms with Gasteiger partial charge in [0.15, 0.2) is 5.11 Å². The van der Waals surface area contributed by atoms with E-state index in [4.69, 9.17) is 11.5 Å². The molecule has 14 heavy (non-hydrogen) atoms. The predicted octanol–water partition coefficient (Wildman–Crippen LogP) is 0.141. The fraction of sp³-hybridized carbons (Fsp3) is 0. The van der Waals surface area contributed by atoms with Gasteiger partial charge in [-0.2, -0.15) is 5.10 Å². The highest BCUT2D eigenvalue weighted by atomic mass is 32.1. The van der Waals surface area contributed by atoms with Gasteiger partial charge in [-0.3, -0.25) is 5.43 Å². The fourth-order valence-corrected chi connectivity index (χ4v) is 0.888. The molecule has 0 aliphatic rings. The number of benzene rings is 1. The number of phenolic OH excluding ortho intramolecular Hbond substituents is 1. The lowest BCUT2D eigenvalue weighted by molar-refractivity contribution is 0.475. The standard InChI is InChI=1S/C8H10N4OS/c9-6-2-1-5(7(13)3-6)4-11-12-8(10)14/h1-4,13H,9H2,(H3,10,12,14)/b11-4+. The summed E-state index contributed by atoms with van der Waals surface area (Å²) in [7, 11) is 0. The number of nitrogens with zero attached hydrogens (tertiary/aromatic N) is 1. The minimum Gasteiger partial charge on any atom is -0.507 e. The van der Waals surface area contributed by atoms with Crippen molar-refractivity contribution in [3.8, 4) is 5.75 Å². The number of hydrogen-bond donors (Lipinski definition) is 4. The van der Waals surface area contributed by atoms with Gasteiger partial charge >= 0.3 is 0 Å². The van der Waals surface area contributed by atoms with Crippen LogP contribution in [-0.2, 0) is 0 Å². The number of hydrogen-bond acceptors (Lipinski definition) is 4. The van der Waals surface area contributed by atoms with E-state index in [2.05, 4.69) is 22.7 Å². The Morgan fingerprint density at radius 1 is 1.57 bits per heavy atom. The molecule has 1 aromatic rings. The summed E-state index contributed by atoms with van der Waals surface area (Å²) in [5.74, 6) is 0.0542. The Bertz CT molecular complexity index is 378. The van der Waals surface area contributed by atoms with Crippen molar-refractivity contribution in [3.63, 3.8) is 0 Å². The zero-order valence-corrected chi connectivity index (χ0v) is 8.08. The first-order valence-electron chi connectivity index (χ1n) is 3.76. The van der Waals surface area contributed by atoms with E-state index in [1.54, 1.807) is 12.1 Å². The Balaban J connectivity index is 2.76. The summed E-state index contributed by atoms with van der Waals surface area (Å²) in [6, 6.07) is 4.72. The number of aromatic hydroxyl groups is 1. The fourth-order valence-electron chi connectivity index (χ4n) is 0.835. The van der Waals surface area contributed by atoms with Gasteiger partial charge in [-0.25, -0.2) is 0 Å². The zero-order valence-electron chi connectivity index (χ0n) is 7.27. The van der Waals surface area contributed by atoms with E-state index < -0.39 is 0 Å². The molecule has 74 valence electrons. The summed E-state index contributed by atoms with van der Waals surface area (Å²) >= 11 is 4.53. The Morgan fingerprint density at radius 3 is 2.86 bits per heavy atom. The number of nitrogen functional groups attached to an aromatic ring is 1. The molecular weight excluding hydrogens is 200 g/mol. The van der Waals surface area contributed by atoms with Gasteiger partial charge in [-0.05, 0) is 24.4 Å². The van der Waals surface area contributed by atoms with Gasteiger partial charge in [0.25, 0.3) is 0 Å². The van der Waals surface area contributed by atoms with Crippen LogP contribution in [-0.4, -0.2) is 16.4 Å². The molecule has 6 N–H and O–H groups in total. The molecule has 0 spiro atoms. The maximum Gasteiger partial charge on any atom is 0.184 e. The third-order valence-corrected chi connectivity index (χ3v) is 1.52. The van der Waals surface area contributed by atoms with Crippen LogP contribution in [0.1, 0.15) is 5.56 Å².